The van der Waals surface area contributed by atoms with Crippen LogP contribution < -0.4 is 11.1 Å². The first-order chi connectivity index (χ1) is 16.9. The van der Waals surface area contributed by atoms with Gasteiger partial charge in [0.25, 0.3) is 0 Å². The maximum Gasteiger partial charge on any atom is 0.243 e. The van der Waals surface area contributed by atoms with Crippen molar-refractivity contribution < 1.29 is 14.4 Å². The monoisotopic (exact) mass is 491 g/mol. The Kier molecular flexibility index (Phi) is 10.2. The SMILES string of the molecule is CN(CC(=O)N1CC(C(=O)Nc2ccccc2)CC1C#N)C(=O)C(N)C(C)(C)C.Cc1ccccc1. The molecule has 0 radical (unpaired) electrons. The third kappa shape index (κ3) is 8.21. The molecule has 8 heteroatoms. The number of likely N-dealkylation sites (N-methyl/N-ethyl adjacent to an activating group) is 1. The molecule has 0 bridgehead atoms. The van der Waals surface area contributed by atoms with Gasteiger partial charge in [0.05, 0.1) is 24.6 Å². The molecule has 2 aromatic carbocycles. The lowest BCUT2D eigenvalue weighted by atomic mass is 9.86. The van der Waals surface area contributed by atoms with E-state index in [1.54, 1.807) is 12.1 Å². The number of aryl methyl sites for hydroxylation is 1. The largest absolute Gasteiger partial charge is 0.335 e. The van der Waals surface area contributed by atoms with Crippen LogP contribution in [0.2, 0.25) is 0 Å². The van der Waals surface area contributed by atoms with Gasteiger partial charge in [-0.15, -0.1) is 0 Å². The van der Waals surface area contributed by atoms with E-state index < -0.39 is 23.4 Å². The fourth-order valence-corrected chi connectivity index (χ4v) is 3.70. The Morgan fingerprint density at radius 1 is 1.11 bits per heavy atom. The van der Waals surface area contributed by atoms with Crippen LogP contribution in [0.4, 0.5) is 5.69 Å². The Morgan fingerprint density at radius 3 is 2.14 bits per heavy atom. The molecule has 0 aromatic heterocycles. The van der Waals surface area contributed by atoms with E-state index in [1.807, 2.05) is 57.2 Å². The molecule has 2 aromatic rings. The quantitative estimate of drug-likeness (QED) is 0.666. The molecule has 1 aliphatic rings. The van der Waals surface area contributed by atoms with Gasteiger partial charge in [-0.1, -0.05) is 74.9 Å². The van der Waals surface area contributed by atoms with E-state index >= 15 is 0 Å². The number of hydrogen-bond acceptors (Lipinski definition) is 5. The van der Waals surface area contributed by atoms with Crippen LogP contribution in [0.25, 0.3) is 0 Å². The summed E-state index contributed by atoms with van der Waals surface area (Å²) in [5, 5.41) is 12.2. The van der Waals surface area contributed by atoms with Crippen LogP contribution in [0.15, 0.2) is 60.7 Å². The molecule has 3 unspecified atom stereocenters. The number of nitrogens with one attached hydrogen (secondary N) is 1. The molecule has 1 heterocycles. The number of hydrogen-bond donors (Lipinski definition) is 2. The topological polar surface area (TPSA) is 120 Å². The number of likely N-dealkylation sites (tertiary alicyclic amines) is 1. The maximum atomic E-state index is 12.7. The molecule has 8 nitrogen and oxygen atoms in total. The molecule has 0 spiro atoms. The van der Waals surface area contributed by atoms with Crippen LogP contribution >= 0.6 is 0 Å². The summed E-state index contributed by atoms with van der Waals surface area (Å²) in [5.41, 5.74) is 7.54. The number of carbonyl (C=O) groups is 3. The summed E-state index contributed by atoms with van der Waals surface area (Å²) >= 11 is 0. The van der Waals surface area contributed by atoms with Gasteiger partial charge in [-0.2, -0.15) is 5.26 Å². The molecule has 0 saturated carbocycles. The van der Waals surface area contributed by atoms with Gasteiger partial charge in [0, 0.05) is 19.3 Å². The molecule has 3 rings (SSSR count). The van der Waals surface area contributed by atoms with Crippen LogP contribution in [0.5, 0.6) is 0 Å². The Bertz CT molecular complexity index is 1060. The highest BCUT2D eigenvalue weighted by atomic mass is 16.2. The molecule has 1 aliphatic heterocycles. The number of nitrogens with zero attached hydrogens (tertiary/aromatic N) is 3. The molecule has 3 amide bonds. The minimum absolute atomic E-state index is 0.142. The standard InChI is InChI=1S/C21H29N5O3.C7H8/c1-21(2,3)18(23)20(29)25(4)13-17(27)26-12-14(10-16(26)11-22)19(28)24-15-8-6-5-7-9-15;1-7-5-3-2-4-6-7/h5-9,14,16,18H,10,12-13,23H2,1-4H3,(H,24,28);2-6H,1H3. The minimum atomic E-state index is -0.741. The zero-order chi connectivity index (χ0) is 26.9. The summed E-state index contributed by atoms with van der Waals surface area (Å²) in [5.74, 6) is -1.42. The average Bonchev–Trinajstić information content (AvgIpc) is 3.29. The third-order valence-electron chi connectivity index (χ3n) is 6.07. The van der Waals surface area contributed by atoms with E-state index in [9.17, 15) is 19.6 Å². The van der Waals surface area contributed by atoms with Crippen molar-refractivity contribution in [2.75, 3.05) is 25.5 Å². The third-order valence-corrected chi connectivity index (χ3v) is 6.07. The lowest BCUT2D eigenvalue weighted by Gasteiger charge is -2.30. The molecule has 192 valence electrons. The Labute approximate surface area is 214 Å². The first-order valence-electron chi connectivity index (χ1n) is 12.0. The molecule has 0 aliphatic carbocycles. The smallest absolute Gasteiger partial charge is 0.243 e. The highest BCUT2D eigenvalue weighted by Gasteiger charge is 2.40. The van der Waals surface area contributed by atoms with Crippen LogP contribution in [-0.4, -0.2) is 59.7 Å². The summed E-state index contributed by atoms with van der Waals surface area (Å²) in [6.07, 6.45) is 0.264. The number of rotatable bonds is 5. The van der Waals surface area contributed by atoms with E-state index in [4.69, 9.17) is 5.73 Å². The number of nitrogens with two attached hydrogens (primary N) is 1. The van der Waals surface area contributed by atoms with Crippen molar-refractivity contribution >= 4 is 23.4 Å². The van der Waals surface area contributed by atoms with Crippen LogP contribution in [0.1, 0.15) is 32.8 Å². The number of amides is 3. The summed E-state index contributed by atoms with van der Waals surface area (Å²) in [6.45, 7) is 7.60. The van der Waals surface area contributed by atoms with E-state index in [2.05, 4.69) is 30.4 Å². The second-order valence-electron chi connectivity index (χ2n) is 10.2. The summed E-state index contributed by atoms with van der Waals surface area (Å²) < 4.78 is 0. The van der Waals surface area contributed by atoms with Crippen LogP contribution in [0, 0.1) is 29.6 Å². The molecule has 3 N–H and O–H groups in total. The van der Waals surface area contributed by atoms with E-state index in [0.29, 0.717) is 5.69 Å². The average molecular weight is 492 g/mol. The summed E-state index contributed by atoms with van der Waals surface area (Å²) in [7, 11) is 1.52. The fraction of sp³-hybridized carbons (Fsp3) is 0.429. The molecular weight excluding hydrogens is 454 g/mol. The van der Waals surface area contributed by atoms with Crippen LogP contribution in [-0.2, 0) is 14.4 Å². The van der Waals surface area contributed by atoms with Gasteiger partial charge in [0.1, 0.15) is 6.04 Å². The highest BCUT2D eigenvalue weighted by molar-refractivity contribution is 5.94. The van der Waals surface area contributed by atoms with Crippen molar-refractivity contribution in [3.8, 4) is 6.07 Å². The lowest BCUT2D eigenvalue weighted by Crippen LogP contribution is -2.52. The van der Waals surface area contributed by atoms with E-state index in [1.165, 1.54) is 22.4 Å². The Balaban J connectivity index is 0.000000558. The summed E-state index contributed by atoms with van der Waals surface area (Å²) in [4.78, 5) is 40.4. The van der Waals surface area contributed by atoms with E-state index in [0.717, 1.165) is 0 Å². The lowest BCUT2D eigenvalue weighted by molar-refractivity contribution is -0.141. The number of nitriles is 1. The number of para-hydroxylation sites is 1. The van der Waals surface area contributed by atoms with Crippen molar-refractivity contribution in [3.05, 3.63) is 66.2 Å². The van der Waals surface area contributed by atoms with Crippen molar-refractivity contribution in [1.29, 1.82) is 5.26 Å². The van der Waals surface area contributed by atoms with Gasteiger partial charge in [-0.3, -0.25) is 14.4 Å². The number of benzene rings is 2. The van der Waals surface area contributed by atoms with Crippen molar-refractivity contribution in [1.82, 2.24) is 9.80 Å². The molecule has 3 atom stereocenters. The van der Waals surface area contributed by atoms with Gasteiger partial charge in [-0.05, 0) is 30.9 Å². The number of carbonyl (C=O) groups excluding carboxylic acids is 3. The zero-order valence-electron chi connectivity index (χ0n) is 21.8. The summed E-state index contributed by atoms with van der Waals surface area (Å²) in [6, 6.07) is 19.9. The van der Waals surface area contributed by atoms with Gasteiger partial charge < -0.3 is 20.9 Å². The fourth-order valence-electron chi connectivity index (χ4n) is 3.70. The van der Waals surface area contributed by atoms with Gasteiger partial charge >= 0.3 is 0 Å². The first kappa shape index (κ1) is 28.5. The zero-order valence-corrected chi connectivity index (χ0v) is 21.8. The van der Waals surface area contributed by atoms with Gasteiger partial charge in [0.2, 0.25) is 17.7 Å². The predicted octanol–water partition coefficient (Wildman–Crippen LogP) is 3.19. The van der Waals surface area contributed by atoms with E-state index in [-0.39, 0.29) is 37.2 Å². The number of anilines is 1. The second kappa shape index (κ2) is 12.8. The van der Waals surface area contributed by atoms with Crippen molar-refractivity contribution in [2.45, 2.75) is 46.2 Å². The second-order valence-corrected chi connectivity index (χ2v) is 10.2. The maximum absolute atomic E-state index is 12.7. The van der Waals surface area contributed by atoms with Gasteiger partial charge in [0.15, 0.2) is 0 Å². The predicted molar refractivity (Wildman–Crippen MR) is 141 cm³/mol. The van der Waals surface area contributed by atoms with Crippen molar-refractivity contribution in [3.63, 3.8) is 0 Å². The Morgan fingerprint density at radius 2 is 1.67 bits per heavy atom. The molecule has 36 heavy (non-hydrogen) atoms. The highest BCUT2D eigenvalue weighted by Crippen LogP contribution is 2.25. The minimum Gasteiger partial charge on any atom is -0.335 e. The molecule has 1 saturated heterocycles. The first-order valence-corrected chi connectivity index (χ1v) is 12.0. The Hall–Kier alpha value is -3.70. The van der Waals surface area contributed by atoms with Crippen LogP contribution in [0.3, 0.4) is 0 Å². The molecule has 1 fully saturated rings. The molecular formula is C28H37N5O3. The van der Waals surface area contributed by atoms with Crippen molar-refractivity contribution in [2.24, 2.45) is 17.1 Å². The normalized spacial score (nSPS) is 17.8. The van der Waals surface area contributed by atoms with Gasteiger partial charge in [-0.25, -0.2) is 0 Å².